The highest BCUT2D eigenvalue weighted by atomic mass is 16.1. The molecule has 1 saturated carbocycles. The summed E-state index contributed by atoms with van der Waals surface area (Å²) in [6, 6.07) is 18.3. The zero-order valence-electron chi connectivity index (χ0n) is 16.4. The van der Waals surface area contributed by atoms with Crippen LogP contribution in [0, 0.1) is 0 Å². The maximum atomic E-state index is 13.5. The summed E-state index contributed by atoms with van der Waals surface area (Å²) in [5.74, 6) is 1.28. The van der Waals surface area contributed by atoms with Gasteiger partial charge in [0, 0.05) is 30.0 Å². The second-order valence-electron chi connectivity index (χ2n) is 8.01. The summed E-state index contributed by atoms with van der Waals surface area (Å²) < 4.78 is 1.84. The third-order valence-corrected chi connectivity index (χ3v) is 5.88. The van der Waals surface area contributed by atoms with Gasteiger partial charge in [-0.15, -0.1) is 0 Å². The number of rotatable bonds is 4. The zero-order valence-corrected chi connectivity index (χ0v) is 16.4. The first-order valence-corrected chi connectivity index (χ1v) is 10.3. The van der Waals surface area contributed by atoms with Crippen LogP contribution in [0.2, 0.25) is 0 Å². The van der Waals surface area contributed by atoms with Gasteiger partial charge < -0.3 is 4.98 Å². The van der Waals surface area contributed by atoms with Gasteiger partial charge in [0.2, 0.25) is 0 Å². The average Bonchev–Trinajstić information content (AvgIpc) is 3.52. The minimum atomic E-state index is 0.0234. The van der Waals surface area contributed by atoms with Gasteiger partial charge in [-0.1, -0.05) is 18.2 Å². The van der Waals surface area contributed by atoms with Gasteiger partial charge in [-0.3, -0.25) is 14.3 Å². The molecule has 0 bridgehead atoms. The van der Waals surface area contributed by atoms with Gasteiger partial charge in [0.25, 0.3) is 5.56 Å². The van der Waals surface area contributed by atoms with Crippen molar-refractivity contribution in [1.82, 2.24) is 19.5 Å². The molecule has 5 heteroatoms. The van der Waals surface area contributed by atoms with Crippen molar-refractivity contribution in [2.75, 3.05) is 0 Å². The molecule has 0 saturated heterocycles. The summed E-state index contributed by atoms with van der Waals surface area (Å²) >= 11 is 0. The van der Waals surface area contributed by atoms with E-state index in [1.165, 1.54) is 0 Å². The van der Waals surface area contributed by atoms with Gasteiger partial charge in [-0.05, 0) is 71.3 Å². The van der Waals surface area contributed by atoms with Crippen LogP contribution < -0.4 is 5.56 Å². The van der Waals surface area contributed by atoms with E-state index in [1.54, 1.807) is 6.20 Å². The third-order valence-electron chi connectivity index (χ3n) is 5.88. The molecule has 2 aromatic carbocycles. The van der Waals surface area contributed by atoms with E-state index in [-0.39, 0.29) is 5.56 Å². The number of aromatic amines is 1. The minimum absolute atomic E-state index is 0.0234. The first-order chi connectivity index (χ1) is 14.8. The first kappa shape index (κ1) is 17.2. The predicted molar refractivity (Wildman–Crippen MR) is 119 cm³/mol. The topological polar surface area (TPSA) is 63.6 Å². The second-order valence-corrected chi connectivity index (χ2v) is 8.01. The summed E-state index contributed by atoms with van der Waals surface area (Å²) in [7, 11) is 0. The van der Waals surface area contributed by atoms with Crippen LogP contribution >= 0.6 is 0 Å². The summed E-state index contributed by atoms with van der Waals surface area (Å²) in [5.41, 5.74) is 5.03. The molecule has 0 spiro atoms. The molecule has 1 aliphatic rings. The number of nitrogens with one attached hydrogen (secondary N) is 1. The molecule has 6 rings (SSSR count). The van der Waals surface area contributed by atoms with Crippen LogP contribution in [-0.4, -0.2) is 19.5 Å². The van der Waals surface area contributed by atoms with Crippen molar-refractivity contribution in [3.05, 3.63) is 94.9 Å². The lowest BCUT2D eigenvalue weighted by atomic mass is 10.0. The molecule has 3 heterocycles. The van der Waals surface area contributed by atoms with Crippen molar-refractivity contribution in [3.63, 3.8) is 0 Å². The van der Waals surface area contributed by atoms with E-state index in [9.17, 15) is 4.79 Å². The fourth-order valence-electron chi connectivity index (χ4n) is 4.13. The third kappa shape index (κ3) is 2.90. The molecule has 0 unspecified atom stereocenters. The highest BCUT2D eigenvalue weighted by molar-refractivity contribution is 5.88. The van der Waals surface area contributed by atoms with Gasteiger partial charge in [-0.2, -0.15) is 0 Å². The van der Waals surface area contributed by atoms with Crippen molar-refractivity contribution in [1.29, 1.82) is 0 Å². The molecule has 1 aliphatic carbocycles. The van der Waals surface area contributed by atoms with E-state index in [0.717, 1.165) is 51.8 Å². The Bertz CT molecular complexity index is 1450. The van der Waals surface area contributed by atoms with Crippen molar-refractivity contribution in [2.24, 2.45) is 0 Å². The molecule has 1 fully saturated rings. The fourth-order valence-corrected chi connectivity index (χ4v) is 4.13. The Balaban J connectivity index is 1.51. The van der Waals surface area contributed by atoms with Gasteiger partial charge in [0.1, 0.15) is 5.82 Å². The van der Waals surface area contributed by atoms with Crippen LogP contribution in [0.4, 0.5) is 0 Å². The second kappa shape index (κ2) is 6.66. The minimum Gasteiger partial charge on any atom is -0.361 e. The van der Waals surface area contributed by atoms with Gasteiger partial charge in [-0.25, -0.2) is 4.98 Å². The van der Waals surface area contributed by atoms with Crippen LogP contribution in [0.25, 0.3) is 32.9 Å². The van der Waals surface area contributed by atoms with Crippen LogP contribution in [0.5, 0.6) is 0 Å². The fraction of sp³-hybridized carbons (Fsp3) is 0.160. The van der Waals surface area contributed by atoms with Crippen LogP contribution in [0.15, 0.2) is 78.0 Å². The predicted octanol–water partition coefficient (Wildman–Crippen LogP) is 4.87. The number of H-pyrrole nitrogens is 1. The quantitative estimate of drug-likeness (QED) is 0.475. The standard InChI is InChI=1S/C25H20N4O/c30-25-21-13-19(18-5-7-22-20(12-18)9-11-27-22)6-8-23(21)28-24(17-3-4-17)29(25)15-16-2-1-10-26-14-16/h1-2,5-14,17,27H,3-4,15H2. The molecule has 0 atom stereocenters. The molecule has 0 aliphatic heterocycles. The lowest BCUT2D eigenvalue weighted by Gasteiger charge is -2.14. The number of fused-ring (bicyclic) bond motifs is 2. The summed E-state index contributed by atoms with van der Waals surface area (Å²) in [4.78, 5) is 25.9. The van der Waals surface area contributed by atoms with E-state index in [2.05, 4.69) is 40.3 Å². The molecular weight excluding hydrogens is 372 g/mol. The molecule has 5 aromatic rings. The summed E-state index contributed by atoms with van der Waals surface area (Å²) in [6.07, 6.45) is 7.70. The molecule has 0 amide bonds. The molecule has 0 radical (unpaired) electrons. The zero-order chi connectivity index (χ0) is 20.1. The number of pyridine rings is 1. The van der Waals surface area contributed by atoms with Gasteiger partial charge in [0.05, 0.1) is 17.4 Å². The Morgan fingerprint density at radius 1 is 1.03 bits per heavy atom. The molecule has 5 nitrogen and oxygen atoms in total. The van der Waals surface area contributed by atoms with Crippen molar-refractivity contribution in [3.8, 4) is 11.1 Å². The number of aromatic nitrogens is 4. The Morgan fingerprint density at radius 3 is 2.73 bits per heavy atom. The number of hydrogen-bond acceptors (Lipinski definition) is 3. The number of hydrogen-bond donors (Lipinski definition) is 1. The largest absolute Gasteiger partial charge is 0.361 e. The van der Waals surface area contributed by atoms with Crippen LogP contribution in [0.1, 0.15) is 30.1 Å². The molecule has 30 heavy (non-hydrogen) atoms. The Labute approximate surface area is 173 Å². The van der Waals surface area contributed by atoms with Crippen molar-refractivity contribution < 1.29 is 0 Å². The van der Waals surface area contributed by atoms with Gasteiger partial charge in [0.15, 0.2) is 0 Å². The van der Waals surface area contributed by atoms with E-state index < -0.39 is 0 Å². The number of benzene rings is 2. The highest BCUT2D eigenvalue weighted by Gasteiger charge is 2.29. The SMILES string of the molecule is O=c1c2cc(-c3ccc4[nH]ccc4c3)ccc2nc(C2CC2)n1Cc1cccnc1. The first-order valence-electron chi connectivity index (χ1n) is 10.3. The maximum Gasteiger partial charge on any atom is 0.261 e. The van der Waals surface area contributed by atoms with E-state index in [0.29, 0.717) is 17.8 Å². The van der Waals surface area contributed by atoms with Crippen LogP contribution in [-0.2, 0) is 6.54 Å². The Kier molecular flexibility index (Phi) is 3.81. The normalized spacial score (nSPS) is 13.9. The van der Waals surface area contributed by atoms with E-state index in [4.69, 9.17) is 4.98 Å². The molecule has 3 aromatic heterocycles. The highest BCUT2D eigenvalue weighted by Crippen LogP contribution is 2.39. The number of nitrogens with zero attached hydrogens (tertiary/aromatic N) is 3. The van der Waals surface area contributed by atoms with Crippen LogP contribution in [0.3, 0.4) is 0 Å². The molecule has 146 valence electrons. The van der Waals surface area contributed by atoms with Gasteiger partial charge >= 0.3 is 0 Å². The Morgan fingerprint density at radius 2 is 1.90 bits per heavy atom. The lowest BCUT2D eigenvalue weighted by Crippen LogP contribution is -2.25. The van der Waals surface area contributed by atoms with E-state index >= 15 is 0 Å². The van der Waals surface area contributed by atoms with Crippen molar-refractivity contribution >= 4 is 21.8 Å². The van der Waals surface area contributed by atoms with E-state index in [1.807, 2.05) is 41.2 Å². The molecule has 1 N–H and O–H groups in total. The van der Waals surface area contributed by atoms with Crippen molar-refractivity contribution in [2.45, 2.75) is 25.3 Å². The molecular formula is C25H20N4O. The monoisotopic (exact) mass is 392 g/mol. The maximum absolute atomic E-state index is 13.5. The summed E-state index contributed by atoms with van der Waals surface area (Å²) in [5, 5.41) is 1.82. The summed E-state index contributed by atoms with van der Waals surface area (Å²) in [6.45, 7) is 0.501. The Hall–Kier alpha value is -3.73. The lowest BCUT2D eigenvalue weighted by molar-refractivity contribution is 0.679. The average molecular weight is 392 g/mol. The smallest absolute Gasteiger partial charge is 0.261 e.